The molecule has 0 radical (unpaired) electrons. The molecule has 5 nitrogen and oxygen atoms in total. The molecule has 0 aliphatic carbocycles. The summed E-state index contributed by atoms with van der Waals surface area (Å²) in [7, 11) is 0. The van der Waals surface area contributed by atoms with Crippen molar-refractivity contribution in [2.75, 3.05) is 13.2 Å². The van der Waals surface area contributed by atoms with Crippen molar-refractivity contribution in [3.05, 3.63) is 100 Å². The predicted octanol–water partition coefficient (Wildman–Crippen LogP) is 5.55. The summed E-state index contributed by atoms with van der Waals surface area (Å²) < 4.78 is 6.74. The third-order valence-corrected chi connectivity index (χ3v) is 6.26. The van der Waals surface area contributed by atoms with Gasteiger partial charge in [0.15, 0.2) is 6.61 Å². The van der Waals surface area contributed by atoms with Crippen molar-refractivity contribution in [3.8, 4) is 5.75 Å². The molecule has 0 saturated carbocycles. The Kier molecular flexibility index (Phi) is 9.91. The van der Waals surface area contributed by atoms with Crippen molar-refractivity contribution in [1.82, 2.24) is 10.2 Å². The molecule has 0 aliphatic rings. The molecule has 3 rings (SSSR count). The second-order valence-electron chi connectivity index (χ2n) is 9.04. The molecule has 3 aromatic carbocycles. The van der Waals surface area contributed by atoms with Crippen LogP contribution in [-0.2, 0) is 22.6 Å². The minimum absolute atomic E-state index is 0.156. The average molecular weight is 537 g/mol. The number of carbonyl (C=O) groups excluding carboxylic acids is 2. The van der Waals surface area contributed by atoms with Gasteiger partial charge in [-0.3, -0.25) is 9.59 Å². The maximum Gasteiger partial charge on any atom is 0.261 e. The lowest BCUT2D eigenvalue weighted by Gasteiger charge is -2.32. The van der Waals surface area contributed by atoms with Crippen LogP contribution < -0.4 is 10.1 Å². The Labute approximate surface area is 216 Å². The van der Waals surface area contributed by atoms with Crippen LogP contribution in [0.5, 0.6) is 5.75 Å². The molecule has 2 amide bonds. The highest BCUT2D eigenvalue weighted by atomic mass is 79.9. The summed E-state index contributed by atoms with van der Waals surface area (Å²) in [5.41, 5.74) is 3.06. The van der Waals surface area contributed by atoms with Gasteiger partial charge in [-0.25, -0.2) is 0 Å². The van der Waals surface area contributed by atoms with Crippen molar-refractivity contribution in [3.63, 3.8) is 0 Å². The molecule has 0 fully saturated rings. The van der Waals surface area contributed by atoms with Gasteiger partial charge in [-0.05, 0) is 53.8 Å². The number of carbonyl (C=O) groups is 2. The number of nitrogens with one attached hydrogen (secondary N) is 1. The summed E-state index contributed by atoms with van der Waals surface area (Å²) in [5, 5.41) is 3.04. The Bertz CT molecular complexity index is 1100. The quantitative estimate of drug-likeness (QED) is 0.349. The molecule has 0 aliphatic heterocycles. The van der Waals surface area contributed by atoms with E-state index in [4.69, 9.17) is 4.74 Å². The SMILES string of the molecule is Cc1ccccc1CN(C(=O)COc1ccc(Br)cc1)C(Cc1ccccc1)C(=O)NCC(C)C. The highest BCUT2D eigenvalue weighted by molar-refractivity contribution is 9.10. The average Bonchev–Trinajstić information content (AvgIpc) is 2.85. The Hall–Kier alpha value is -3.12. The van der Waals surface area contributed by atoms with Gasteiger partial charge in [0.2, 0.25) is 5.91 Å². The molecule has 0 heterocycles. The molecule has 1 N–H and O–H groups in total. The molecule has 0 saturated heterocycles. The third kappa shape index (κ3) is 8.25. The van der Waals surface area contributed by atoms with Crippen LogP contribution in [0.2, 0.25) is 0 Å². The summed E-state index contributed by atoms with van der Waals surface area (Å²) in [6.45, 7) is 6.83. The summed E-state index contributed by atoms with van der Waals surface area (Å²) in [4.78, 5) is 28.7. The molecule has 0 aromatic heterocycles. The van der Waals surface area contributed by atoms with Crippen LogP contribution in [0.25, 0.3) is 0 Å². The summed E-state index contributed by atoms with van der Waals surface area (Å²) in [5.74, 6) is 0.503. The van der Waals surface area contributed by atoms with E-state index >= 15 is 0 Å². The van der Waals surface area contributed by atoms with Crippen LogP contribution in [0.15, 0.2) is 83.3 Å². The van der Waals surface area contributed by atoms with E-state index in [9.17, 15) is 9.59 Å². The van der Waals surface area contributed by atoms with Crippen LogP contribution in [0.4, 0.5) is 0 Å². The first-order valence-corrected chi connectivity index (χ1v) is 12.7. The second-order valence-corrected chi connectivity index (χ2v) is 9.95. The van der Waals surface area contributed by atoms with Gasteiger partial charge in [0.25, 0.3) is 5.91 Å². The van der Waals surface area contributed by atoms with E-state index in [1.807, 2.05) is 73.7 Å². The van der Waals surface area contributed by atoms with Crippen LogP contribution in [0, 0.1) is 12.8 Å². The van der Waals surface area contributed by atoms with Crippen LogP contribution in [-0.4, -0.2) is 35.9 Å². The number of nitrogens with zero attached hydrogens (tertiary/aromatic N) is 1. The van der Waals surface area contributed by atoms with Crippen molar-refractivity contribution in [1.29, 1.82) is 0 Å². The minimum Gasteiger partial charge on any atom is -0.484 e. The summed E-state index contributed by atoms with van der Waals surface area (Å²) >= 11 is 3.41. The Morgan fingerprint density at radius 2 is 1.60 bits per heavy atom. The van der Waals surface area contributed by atoms with Crippen LogP contribution in [0.1, 0.15) is 30.5 Å². The first-order valence-electron chi connectivity index (χ1n) is 11.9. The van der Waals surface area contributed by atoms with Gasteiger partial charge in [0.1, 0.15) is 11.8 Å². The maximum absolute atomic E-state index is 13.6. The van der Waals surface area contributed by atoms with Gasteiger partial charge in [-0.2, -0.15) is 0 Å². The zero-order chi connectivity index (χ0) is 25.2. The number of aryl methyl sites for hydroxylation is 1. The molecule has 6 heteroatoms. The third-order valence-electron chi connectivity index (χ3n) is 5.73. The lowest BCUT2D eigenvalue weighted by atomic mass is 10.0. The maximum atomic E-state index is 13.6. The number of halogens is 1. The smallest absolute Gasteiger partial charge is 0.261 e. The molecule has 1 atom stereocenters. The number of hydrogen-bond acceptors (Lipinski definition) is 3. The van der Waals surface area contributed by atoms with Crippen LogP contribution in [0.3, 0.4) is 0 Å². The molecule has 184 valence electrons. The zero-order valence-electron chi connectivity index (χ0n) is 20.5. The van der Waals surface area contributed by atoms with Crippen molar-refractivity contribution >= 4 is 27.7 Å². The zero-order valence-corrected chi connectivity index (χ0v) is 22.1. The number of ether oxygens (including phenoxy) is 1. The van der Waals surface area contributed by atoms with Crippen LogP contribution >= 0.6 is 15.9 Å². The van der Waals surface area contributed by atoms with Gasteiger partial charge in [0, 0.05) is 24.0 Å². The highest BCUT2D eigenvalue weighted by Crippen LogP contribution is 2.19. The van der Waals surface area contributed by atoms with E-state index in [1.165, 1.54) is 0 Å². The Morgan fingerprint density at radius 1 is 0.943 bits per heavy atom. The van der Waals surface area contributed by atoms with Gasteiger partial charge in [-0.1, -0.05) is 84.4 Å². The first kappa shape index (κ1) is 26.5. The number of hydrogen-bond donors (Lipinski definition) is 1. The minimum atomic E-state index is -0.670. The van der Waals surface area contributed by atoms with E-state index in [-0.39, 0.29) is 18.4 Å². The predicted molar refractivity (Wildman–Crippen MR) is 143 cm³/mol. The fourth-order valence-electron chi connectivity index (χ4n) is 3.71. The molecular formula is C29H33BrN2O3. The topological polar surface area (TPSA) is 58.6 Å². The largest absolute Gasteiger partial charge is 0.484 e. The number of rotatable bonds is 11. The summed E-state index contributed by atoms with van der Waals surface area (Å²) in [6, 6.07) is 24.4. The van der Waals surface area contributed by atoms with Crippen molar-refractivity contribution < 1.29 is 14.3 Å². The standard InChI is InChI=1S/C29H33BrN2O3/c1-21(2)18-31-29(34)27(17-23-10-5-4-6-11-23)32(19-24-12-8-7-9-22(24)3)28(33)20-35-26-15-13-25(30)14-16-26/h4-16,21,27H,17-20H2,1-3H3,(H,31,34). The second kappa shape index (κ2) is 13.1. The van der Waals surface area contributed by atoms with Gasteiger partial charge < -0.3 is 15.0 Å². The molecule has 35 heavy (non-hydrogen) atoms. The lowest BCUT2D eigenvalue weighted by molar-refractivity contribution is -0.142. The summed E-state index contributed by atoms with van der Waals surface area (Å²) in [6.07, 6.45) is 0.417. The molecular weight excluding hydrogens is 504 g/mol. The number of benzene rings is 3. The lowest BCUT2D eigenvalue weighted by Crippen LogP contribution is -2.52. The fraction of sp³-hybridized carbons (Fsp3) is 0.310. The Morgan fingerprint density at radius 3 is 2.26 bits per heavy atom. The molecule has 1 unspecified atom stereocenters. The van der Waals surface area contributed by atoms with E-state index in [0.717, 1.165) is 21.2 Å². The van der Waals surface area contributed by atoms with Crippen molar-refractivity contribution in [2.45, 2.75) is 39.8 Å². The fourth-order valence-corrected chi connectivity index (χ4v) is 3.97. The van der Waals surface area contributed by atoms with Gasteiger partial charge >= 0.3 is 0 Å². The van der Waals surface area contributed by atoms with Crippen molar-refractivity contribution in [2.24, 2.45) is 5.92 Å². The van der Waals surface area contributed by atoms with E-state index in [1.54, 1.807) is 17.0 Å². The number of amides is 2. The molecule has 3 aromatic rings. The monoisotopic (exact) mass is 536 g/mol. The van der Waals surface area contributed by atoms with E-state index in [2.05, 4.69) is 35.1 Å². The first-order chi connectivity index (χ1) is 16.8. The van der Waals surface area contributed by atoms with Gasteiger partial charge in [0.05, 0.1) is 0 Å². The molecule has 0 spiro atoms. The molecule has 0 bridgehead atoms. The Balaban J connectivity index is 1.90. The van der Waals surface area contributed by atoms with E-state index < -0.39 is 6.04 Å². The van der Waals surface area contributed by atoms with E-state index in [0.29, 0.717) is 31.2 Å². The highest BCUT2D eigenvalue weighted by Gasteiger charge is 2.31. The van der Waals surface area contributed by atoms with Gasteiger partial charge in [-0.15, -0.1) is 0 Å². The normalized spacial score (nSPS) is 11.7.